The Morgan fingerprint density at radius 2 is 1.62 bits per heavy atom. The summed E-state index contributed by atoms with van der Waals surface area (Å²) in [6.45, 7) is 8.64. The van der Waals surface area contributed by atoms with Gasteiger partial charge in [-0.3, -0.25) is 9.98 Å². The molecule has 1 atom stereocenters. The van der Waals surface area contributed by atoms with Crippen molar-refractivity contribution in [3.8, 4) is 11.4 Å². The Kier molecular flexibility index (Phi) is 7.66. The topological polar surface area (TPSA) is 62.9 Å². The average molecular weight is 584 g/mol. The van der Waals surface area contributed by atoms with Crippen LogP contribution in [0.1, 0.15) is 30.0 Å². The van der Waals surface area contributed by atoms with E-state index in [0.717, 1.165) is 45.2 Å². The third kappa shape index (κ3) is 5.73. The fraction of sp³-hybridized carbons (Fsp3) is 0.125. The number of fused-ring (bicyclic) bond motifs is 5. The molecular formula is C40H33N5. The van der Waals surface area contributed by atoms with Gasteiger partial charge in [0.05, 0.1) is 16.9 Å². The van der Waals surface area contributed by atoms with E-state index in [0.29, 0.717) is 24.1 Å². The fourth-order valence-corrected chi connectivity index (χ4v) is 5.91. The molecule has 2 aromatic heterocycles. The van der Waals surface area contributed by atoms with Crippen LogP contribution >= 0.6 is 0 Å². The highest BCUT2D eigenvalue weighted by atomic mass is 15.0. The maximum absolute atomic E-state index is 5.16. The first-order valence-electron chi connectivity index (χ1n) is 15.3. The van der Waals surface area contributed by atoms with E-state index in [4.69, 9.17) is 20.0 Å². The molecule has 218 valence electrons. The monoisotopic (exact) mass is 583 g/mol. The van der Waals surface area contributed by atoms with Crippen molar-refractivity contribution < 1.29 is 0 Å². The number of benzene rings is 4. The second-order valence-corrected chi connectivity index (χ2v) is 11.5. The summed E-state index contributed by atoms with van der Waals surface area (Å²) in [4.78, 5) is 24.4. The van der Waals surface area contributed by atoms with Crippen molar-refractivity contribution in [1.82, 2.24) is 9.97 Å². The number of hydrogen-bond acceptors (Lipinski definition) is 3. The molecule has 1 aliphatic carbocycles. The number of hydrogen-bond donors (Lipinski definition) is 0. The molecule has 0 N–H and O–H groups in total. The number of allylic oxidation sites excluding steroid dienone is 3. The van der Waals surface area contributed by atoms with Crippen LogP contribution in [0.5, 0.6) is 0 Å². The van der Waals surface area contributed by atoms with E-state index >= 15 is 0 Å². The number of para-hydroxylation sites is 1. The van der Waals surface area contributed by atoms with Gasteiger partial charge in [0, 0.05) is 45.9 Å². The molecule has 0 amide bonds. The number of nitrogens with zero attached hydrogens (tertiary/aromatic N) is 5. The van der Waals surface area contributed by atoms with Crippen LogP contribution in [-0.4, -0.2) is 34.9 Å². The summed E-state index contributed by atoms with van der Waals surface area (Å²) >= 11 is 0. The second kappa shape index (κ2) is 12.2. The maximum atomic E-state index is 5.16. The molecule has 0 radical (unpaired) electrons. The molecule has 0 saturated carbocycles. The van der Waals surface area contributed by atoms with E-state index in [1.165, 1.54) is 27.3 Å². The normalized spacial score (nSPS) is 15.5. The Bertz CT molecular complexity index is 2190. The lowest BCUT2D eigenvalue weighted by Gasteiger charge is -2.14. The van der Waals surface area contributed by atoms with Crippen LogP contribution in [-0.2, 0) is 0 Å². The fourth-order valence-electron chi connectivity index (χ4n) is 5.91. The van der Waals surface area contributed by atoms with Gasteiger partial charge in [-0.1, -0.05) is 108 Å². The highest BCUT2D eigenvalue weighted by Crippen LogP contribution is 2.36. The van der Waals surface area contributed by atoms with Crippen molar-refractivity contribution in [3.63, 3.8) is 0 Å². The van der Waals surface area contributed by atoms with Crippen LogP contribution in [0.25, 0.3) is 43.8 Å². The number of aliphatic imine (C=N–C) groups is 3. The summed E-state index contributed by atoms with van der Waals surface area (Å²) in [6.07, 6.45) is 9.44. The van der Waals surface area contributed by atoms with Crippen molar-refractivity contribution in [3.05, 3.63) is 144 Å². The lowest BCUT2D eigenvalue weighted by atomic mass is 9.96. The van der Waals surface area contributed by atoms with Gasteiger partial charge in [0.15, 0.2) is 11.7 Å². The second-order valence-electron chi connectivity index (χ2n) is 11.5. The minimum Gasteiger partial charge on any atom is -0.266 e. The quantitative estimate of drug-likeness (QED) is 0.115. The molecule has 0 fully saturated rings. The molecule has 0 bridgehead atoms. The van der Waals surface area contributed by atoms with Gasteiger partial charge in [-0.05, 0) is 56.0 Å². The van der Waals surface area contributed by atoms with E-state index in [2.05, 4.69) is 111 Å². The number of aryl methyl sites for hydroxylation is 1. The molecule has 1 aliphatic rings. The van der Waals surface area contributed by atoms with Crippen molar-refractivity contribution in [2.75, 3.05) is 6.54 Å². The molecule has 1 unspecified atom stereocenters. The molecule has 45 heavy (non-hydrogen) atoms. The Morgan fingerprint density at radius 3 is 2.42 bits per heavy atom. The van der Waals surface area contributed by atoms with E-state index in [9.17, 15) is 0 Å². The van der Waals surface area contributed by atoms with Crippen molar-refractivity contribution in [2.24, 2.45) is 20.9 Å². The summed E-state index contributed by atoms with van der Waals surface area (Å²) in [5.74, 6) is 1.43. The van der Waals surface area contributed by atoms with Crippen LogP contribution in [0, 0.1) is 12.8 Å². The summed E-state index contributed by atoms with van der Waals surface area (Å²) in [5, 5.41) is 5.75. The Balaban J connectivity index is 1.38. The third-order valence-corrected chi connectivity index (χ3v) is 8.37. The van der Waals surface area contributed by atoms with Crippen molar-refractivity contribution in [2.45, 2.75) is 20.3 Å². The summed E-state index contributed by atoms with van der Waals surface area (Å²) in [7, 11) is 0. The Hall–Kier alpha value is -5.55. The van der Waals surface area contributed by atoms with Gasteiger partial charge in [-0.2, -0.15) is 0 Å². The first-order chi connectivity index (χ1) is 22.1. The van der Waals surface area contributed by atoms with Crippen molar-refractivity contribution >= 4 is 50.8 Å². The zero-order chi connectivity index (χ0) is 30.8. The zero-order valence-electron chi connectivity index (χ0n) is 25.5. The largest absolute Gasteiger partial charge is 0.266 e. The zero-order valence-corrected chi connectivity index (χ0v) is 25.5. The Labute approximate surface area is 263 Å². The van der Waals surface area contributed by atoms with E-state index in [-0.39, 0.29) is 0 Å². The molecule has 0 spiro atoms. The summed E-state index contributed by atoms with van der Waals surface area (Å²) < 4.78 is 0. The van der Waals surface area contributed by atoms with E-state index < -0.39 is 0 Å². The molecule has 7 rings (SSSR count). The van der Waals surface area contributed by atoms with E-state index in [1.807, 2.05) is 36.5 Å². The molecule has 2 heterocycles. The van der Waals surface area contributed by atoms with Crippen LogP contribution in [0.15, 0.2) is 142 Å². The van der Waals surface area contributed by atoms with Gasteiger partial charge in [-0.25, -0.2) is 15.0 Å². The molecule has 5 heteroatoms. The SMILES string of the molecule is C=NC(=NC(=NCC1C=CC(C)=CC1)c1ccnc(-c2nc3ccccc3c3c2ccc2ccccc23)c1)c1ccc(C)cc1. The van der Waals surface area contributed by atoms with Crippen molar-refractivity contribution in [1.29, 1.82) is 0 Å². The lowest BCUT2D eigenvalue weighted by Crippen LogP contribution is -2.10. The first-order valence-corrected chi connectivity index (χ1v) is 15.3. The highest BCUT2D eigenvalue weighted by molar-refractivity contribution is 6.22. The third-order valence-electron chi connectivity index (χ3n) is 8.37. The first kappa shape index (κ1) is 28.2. The standard InChI is InChI=1S/C40H33N5/c1-26-12-16-28(17-13-26)25-43-40(45-39(41-3)30-18-14-27(2)15-19-30)31-22-23-42-36(24-31)38-34-21-20-29-8-4-5-9-32(29)37(34)33-10-6-7-11-35(33)44-38/h4-16,18-24,28H,3,17,25H2,1-2H3. The maximum Gasteiger partial charge on any atom is 0.161 e. The predicted molar refractivity (Wildman–Crippen MR) is 190 cm³/mol. The smallest absolute Gasteiger partial charge is 0.161 e. The summed E-state index contributed by atoms with van der Waals surface area (Å²) in [6, 6.07) is 33.3. The van der Waals surface area contributed by atoms with Crippen LogP contribution in [0.4, 0.5) is 0 Å². The van der Waals surface area contributed by atoms with Gasteiger partial charge >= 0.3 is 0 Å². The molecule has 0 aliphatic heterocycles. The molecule has 5 nitrogen and oxygen atoms in total. The molecule has 6 aromatic rings. The molecular weight excluding hydrogens is 550 g/mol. The van der Waals surface area contributed by atoms with Gasteiger partial charge in [-0.15, -0.1) is 0 Å². The average Bonchev–Trinajstić information content (AvgIpc) is 3.09. The van der Waals surface area contributed by atoms with Gasteiger partial charge < -0.3 is 0 Å². The van der Waals surface area contributed by atoms with Gasteiger partial charge in [0.25, 0.3) is 0 Å². The number of rotatable bonds is 5. The molecule has 0 saturated heterocycles. The van der Waals surface area contributed by atoms with Crippen LogP contribution in [0.3, 0.4) is 0 Å². The van der Waals surface area contributed by atoms with Crippen LogP contribution in [0.2, 0.25) is 0 Å². The minimum absolute atomic E-state index is 0.305. The number of aromatic nitrogens is 2. The minimum atomic E-state index is 0.305. The van der Waals surface area contributed by atoms with E-state index in [1.54, 1.807) is 0 Å². The summed E-state index contributed by atoms with van der Waals surface area (Å²) in [5.41, 5.74) is 6.72. The van der Waals surface area contributed by atoms with Crippen LogP contribution < -0.4 is 0 Å². The van der Waals surface area contributed by atoms with Gasteiger partial charge in [0.2, 0.25) is 0 Å². The highest BCUT2D eigenvalue weighted by Gasteiger charge is 2.16. The number of amidine groups is 2. The predicted octanol–water partition coefficient (Wildman–Crippen LogP) is 9.33. The molecule has 4 aromatic carbocycles. The Morgan fingerprint density at radius 1 is 0.822 bits per heavy atom. The van der Waals surface area contributed by atoms with Gasteiger partial charge in [0.1, 0.15) is 0 Å². The lowest BCUT2D eigenvalue weighted by molar-refractivity contribution is 0.666. The number of pyridine rings is 2.